The number of pyridine rings is 2. The molecule has 1 unspecified atom stereocenters. The summed E-state index contributed by atoms with van der Waals surface area (Å²) in [5.74, 6) is 0.0540. The summed E-state index contributed by atoms with van der Waals surface area (Å²) >= 11 is 1.41. The van der Waals surface area contributed by atoms with Gasteiger partial charge in [0, 0.05) is 45.4 Å². The van der Waals surface area contributed by atoms with E-state index in [0.717, 1.165) is 10.4 Å². The van der Waals surface area contributed by atoms with E-state index in [9.17, 15) is 9.90 Å². The number of carbonyl (C=O) groups excluding carboxylic acids is 1. The van der Waals surface area contributed by atoms with E-state index in [4.69, 9.17) is 4.98 Å². The maximum absolute atomic E-state index is 15.3. The molecule has 0 saturated carbocycles. The lowest BCUT2D eigenvalue weighted by Gasteiger charge is -2.23. The number of anilines is 1. The van der Waals surface area contributed by atoms with Crippen LogP contribution in [0.25, 0.3) is 55.2 Å². The zero-order chi connectivity index (χ0) is 28.9. The summed E-state index contributed by atoms with van der Waals surface area (Å²) in [6, 6.07) is 10.5. The first-order chi connectivity index (χ1) is 19.6. The van der Waals surface area contributed by atoms with Gasteiger partial charge in [0.1, 0.15) is 23.3 Å². The number of benzene rings is 1. The first-order valence-corrected chi connectivity index (χ1v) is 13.9. The van der Waals surface area contributed by atoms with Crippen molar-refractivity contribution in [2.45, 2.75) is 40.3 Å². The molecule has 0 aliphatic carbocycles. The second-order valence-electron chi connectivity index (χ2n) is 11.2. The monoisotopic (exact) mass is 569 g/mol. The van der Waals surface area contributed by atoms with Gasteiger partial charge in [-0.25, -0.2) is 14.4 Å². The lowest BCUT2D eigenvalue weighted by molar-refractivity contribution is 0.102. The van der Waals surface area contributed by atoms with Gasteiger partial charge in [-0.1, -0.05) is 20.8 Å². The zero-order valence-corrected chi connectivity index (χ0v) is 23.7. The van der Waals surface area contributed by atoms with Gasteiger partial charge < -0.3 is 15.4 Å². The van der Waals surface area contributed by atoms with E-state index in [0.29, 0.717) is 61.7 Å². The maximum Gasteiger partial charge on any atom is 0.169 e. The molecule has 0 amide bonds. The Kier molecular flexibility index (Phi) is 6.63. The van der Waals surface area contributed by atoms with Crippen molar-refractivity contribution >= 4 is 44.9 Å². The van der Waals surface area contributed by atoms with Crippen molar-refractivity contribution in [3.8, 4) is 33.1 Å². The van der Waals surface area contributed by atoms with E-state index in [1.54, 1.807) is 37.6 Å². The van der Waals surface area contributed by atoms with E-state index in [1.165, 1.54) is 17.4 Å². The van der Waals surface area contributed by atoms with Crippen LogP contribution in [0.2, 0.25) is 0 Å². The van der Waals surface area contributed by atoms with Crippen LogP contribution in [0.4, 0.5) is 10.1 Å². The molecule has 41 heavy (non-hydrogen) atoms. The maximum atomic E-state index is 15.3. The van der Waals surface area contributed by atoms with Crippen molar-refractivity contribution in [1.82, 2.24) is 30.1 Å². The minimum Gasteiger partial charge on any atom is -0.374 e. The van der Waals surface area contributed by atoms with Gasteiger partial charge in [0.05, 0.1) is 22.3 Å². The topological polar surface area (TPSA) is 132 Å². The number of imidazole rings is 1. The van der Waals surface area contributed by atoms with Crippen molar-refractivity contribution in [1.29, 1.82) is 0 Å². The Balaban J connectivity index is 1.38. The third-order valence-corrected chi connectivity index (χ3v) is 7.89. The average molecular weight is 570 g/mol. The molecule has 0 fully saturated rings. The second-order valence-corrected chi connectivity index (χ2v) is 12.3. The van der Waals surface area contributed by atoms with Gasteiger partial charge in [0.15, 0.2) is 17.3 Å². The molecule has 0 aliphatic rings. The smallest absolute Gasteiger partial charge is 0.169 e. The van der Waals surface area contributed by atoms with Crippen LogP contribution in [0, 0.1) is 11.2 Å². The molecule has 0 spiro atoms. The molecule has 9 nitrogen and oxygen atoms in total. The lowest BCUT2D eigenvalue weighted by atomic mass is 9.91. The quantitative estimate of drug-likeness (QED) is 0.123. The number of H-pyrrole nitrogens is 2. The predicted octanol–water partition coefficient (Wildman–Crippen LogP) is 6.80. The molecule has 1 atom stereocenters. The summed E-state index contributed by atoms with van der Waals surface area (Å²) in [7, 11) is 0. The summed E-state index contributed by atoms with van der Waals surface area (Å²) in [4.78, 5) is 30.2. The minimum atomic E-state index is -0.769. The van der Waals surface area contributed by atoms with Gasteiger partial charge in [-0.3, -0.25) is 14.9 Å². The highest BCUT2D eigenvalue weighted by Crippen LogP contribution is 2.36. The predicted molar refractivity (Wildman–Crippen MR) is 159 cm³/mol. The summed E-state index contributed by atoms with van der Waals surface area (Å²) in [6.45, 7) is 7.69. The molecule has 0 aliphatic heterocycles. The van der Waals surface area contributed by atoms with Gasteiger partial charge in [-0.15, -0.1) is 11.3 Å². The van der Waals surface area contributed by atoms with E-state index in [1.807, 2.05) is 39.0 Å². The van der Waals surface area contributed by atoms with E-state index >= 15 is 4.39 Å². The standard InChI is InChI=1S/C30H28FN7O2S/c1-15(39)23-5-6-24(41-23)18-7-8-33-28-26(18)35-29(36-28)27-20-10-19(21(31)11-22(20)37-38-27)16-9-17(14-32-13-16)34-25(40)12-30(2,3)4/h5-11,13-14,25,34,40H,12H2,1-4H3,(H,37,38)(H,33,35,36). The van der Waals surface area contributed by atoms with Crippen molar-refractivity contribution in [3.63, 3.8) is 0 Å². The number of aromatic nitrogens is 6. The molecule has 0 radical (unpaired) electrons. The molecule has 208 valence electrons. The molecule has 0 bridgehead atoms. The molecule has 6 rings (SSSR count). The van der Waals surface area contributed by atoms with Crippen molar-refractivity contribution < 1.29 is 14.3 Å². The van der Waals surface area contributed by atoms with Crippen LogP contribution >= 0.6 is 11.3 Å². The number of aliphatic hydroxyl groups excluding tert-OH is 1. The van der Waals surface area contributed by atoms with Gasteiger partial charge in [0.2, 0.25) is 0 Å². The third-order valence-electron chi connectivity index (χ3n) is 6.67. The van der Waals surface area contributed by atoms with Crippen LogP contribution in [0.1, 0.15) is 43.8 Å². The number of rotatable bonds is 7. The Bertz CT molecular complexity index is 1920. The fraction of sp³-hybridized carbons (Fsp3) is 0.233. The number of aliphatic hydroxyl groups is 1. The molecule has 4 N–H and O–H groups in total. The Hall–Kier alpha value is -4.48. The number of carbonyl (C=O) groups is 1. The van der Waals surface area contributed by atoms with E-state index in [-0.39, 0.29) is 11.2 Å². The van der Waals surface area contributed by atoms with Gasteiger partial charge >= 0.3 is 0 Å². The first-order valence-electron chi connectivity index (χ1n) is 13.1. The Labute approximate surface area is 238 Å². The number of hydrogen-bond acceptors (Lipinski definition) is 8. The number of hydrogen-bond donors (Lipinski definition) is 4. The Morgan fingerprint density at radius 2 is 1.98 bits per heavy atom. The number of nitrogens with one attached hydrogen (secondary N) is 3. The highest BCUT2D eigenvalue weighted by Gasteiger charge is 2.20. The van der Waals surface area contributed by atoms with Crippen LogP contribution < -0.4 is 5.32 Å². The number of aromatic amines is 2. The highest BCUT2D eigenvalue weighted by atomic mass is 32.1. The number of thiophene rings is 1. The molecule has 1 aromatic carbocycles. The number of ketones is 1. The molecule has 6 aromatic rings. The van der Waals surface area contributed by atoms with Crippen molar-refractivity contribution in [3.05, 3.63) is 65.7 Å². The molecular formula is C30H28FN7O2S. The van der Waals surface area contributed by atoms with E-state index < -0.39 is 12.0 Å². The molecule has 5 heterocycles. The first kappa shape index (κ1) is 26.7. The summed E-state index contributed by atoms with van der Waals surface area (Å²) < 4.78 is 15.3. The second kappa shape index (κ2) is 10.2. The molecule has 11 heteroatoms. The van der Waals surface area contributed by atoms with Crippen LogP contribution in [0.3, 0.4) is 0 Å². The molecule has 0 saturated heterocycles. The van der Waals surface area contributed by atoms with Crippen molar-refractivity contribution in [2.75, 3.05) is 5.32 Å². The normalized spacial score (nSPS) is 12.7. The highest BCUT2D eigenvalue weighted by molar-refractivity contribution is 7.17. The largest absolute Gasteiger partial charge is 0.374 e. The molecule has 5 aromatic heterocycles. The average Bonchev–Trinajstić information content (AvgIpc) is 3.64. The van der Waals surface area contributed by atoms with Crippen LogP contribution in [0.5, 0.6) is 0 Å². The van der Waals surface area contributed by atoms with Crippen LogP contribution in [-0.4, -0.2) is 47.3 Å². The van der Waals surface area contributed by atoms with Crippen LogP contribution in [-0.2, 0) is 0 Å². The Morgan fingerprint density at radius 1 is 1.15 bits per heavy atom. The van der Waals surface area contributed by atoms with Crippen LogP contribution in [0.15, 0.2) is 55.0 Å². The fourth-order valence-electron chi connectivity index (χ4n) is 4.82. The minimum absolute atomic E-state index is 0.0119. The summed E-state index contributed by atoms with van der Waals surface area (Å²) in [6.07, 6.45) is 4.64. The van der Waals surface area contributed by atoms with Gasteiger partial charge in [-0.2, -0.15) is 5.10 Å². The fourth-order valence-corrected chi connectivity index (χ4v) is 5.75. The van der Waals surface area contributed by atoms with Crippen molar-refractivity contribution in [2.24, 2.45) is 5.41 Å². The number of Topliss-reactive ketones (excluding diaryl/α,β-unsaturated/α-hetero) is 1. The Morgan fingerprint density at radius 3 is 2.73 bits per heavy atom. The SMILES string of the molecule is CC(=O)c1ccc(-c2ccnc3[nH]c(-c4n[nH]c5cc(F)c(-c6cncc(NC(O)CC(C)(C)C)c6)cc45)nc23)s1. The van der Waals surface area contributed by atoms with Gasteiger partial charge in [0.25, 0.3) is 0 Å². The zero-order valence-electron chi connectivity index (χ0n) is 22.9. The summed E-state index contributed by atoms with van der Waals surface area (Å²) in [5.41, 5.74) is 4.52. The number of nitrogens with zero attached hydrogens (tertiary/aromatic N) is 4. The lowest BCUT2D eigenvalue weighted by Crippen LogP contribution is -2.25. The van der Waals surface area contributed by atoms with E-state index in [2.05, 4.69) is 30.5 Å². The molecular weight excluding hydrogens is 541 g/mol. The van der Waals surface area contributed by atoms with Gasteiger partial charge in [-0.05, 0) is 49.1 Å². The summed E-state index contributed by atoms with van der Waals surface area (Å²) in [5, 5.41) is 21.5. The number of fused-ring (bicyclic) bond motifs is 2. The third kappa shape index (κ3) is 5.33. The number of halogens is 1.